The Morgan fingerprint density at radius 3 is 2.06 bits per heavy atom. The molecule has 0 bridgehead atoms. The van der Waals surface area contributed by atoms with Crippen molar-refractivity contribution in [3.8, 4) is 0 Å². The van der Waals surface area contributed by atoms with Gasteiger partial charge in [-0.25, -0.2) is 0 Å². The van der Waals surface area contributed by atoms with Gasteiger partial charge in [0.2, 0.25) is 11.8 Å². The molecule has 31 heavy (non-hydrogen) atoms. The van der Waals surface area contributed by atoms with Crippen LogP contribution < -0.4 is 0 Å². The molecule has 2 aromatic carbocycles. The van der Waals surface area contributed by atoms with E-state index >= 15 is 0 Å². The number of hydrogen-bond acceptors (Lipinski definition) is 3. The van der Waals surface area contributed by atoms with E-state index in [0.717, 1.165) is 65.0 Å². The van der Waals surface area contributed by atoms with E-state index in [4.69, 9.17) is 0 Å². The maximum absolute atomic E-state index is 12.9. The molecule has 5 heteroatoms. The highest BCUT2D eigenvalue weighted by molar-refractivity contribution is 5.84. The molecule has 2 aliphatic heterocycles. The van der Waals surface area contributed by atoms with Gasteiger partial charge in [-0.1, -0.05) is 60.7 Å². The second-order valence-electron chi connectivity index (χ2n) is 8.62. The van der Waals surface area contributed by atoms with Crippen LogP contribution in [-0.4, -0.2) is 71.8 Å². The highest BCUT2D eigenvalue weighted by Crippen LogP contribution is 2.20. The van der Waals surface area contributed by atoms with Crippen molar-refractivity contribution in [2.75, 3.05) is 39.3 Å². The third kappa shape index (κ3) is 5.73. The number of nitrogens with zero attached hydrogens (tertiary/aromatic N) is 3. The van der Waals surface area contributed by atoms with Crippen molar-refractivity contribution in [3.05, 3.63) is 71.8 Å². The number of amides is 2. The Kier molecular flexibility index (Phi) is 7.36. The molecule has 0 saturated carbocycles. The molecular weight excluding hydrogens is 386 g/mol. The number of piperazine rings is 1. The van der Waals surface area contributed by atoms with Crippen LogP contribution >= 0.6 is 0 Å². The molecular formula is C26H33N3O2. The first-order valence-electron chi connectivity index (χ1n) is 11.6. The smallest absolute Gasteiger partial charge is 0.240 e. The maximum atomic E-state index is 12.9. The third-order valence-corrected chi connectivity index (χ3v) is 6.59. The Bertz CT molecular complexity index is 847. The molecule has 5 nitrogen and oxygen atoms in total. The van der Waals surface area contributed by atoms with E-state index in [1.807, 2.05) is 46.2 Å². The number of likely N-dealkylation sites (tertiary alicyclic amines) is 1. The fraction of sp³-hybridized carbons (Fsp3) is 0.462. The van der Waals surface area contributed by atoms with Crippen LogP contribution in [0.3, 0.4) is 0 Å². The molecule has 0 N–H and O–H groups in total. The molecule has 4 rings (SSSR count). The fourth-order valence-corrected chi connectivity index (χ4v) is 4.72. The minimum absolute atomic E-state index is 0.00824. The van der Waals surface area contributed by atoms with E-state index in [1.165, 1.54) is 11.1 Å². The highest BCUT2D eigenvalue weighted by atomic mass is 16.2. The number of carbonyl (C=O) groups is 2. The zero-order valence-corrected chi connectivity index (χ0v) is 18.3. The molecule has 164 valence electrons. The summed E-state index contributed by atoms with van der Waals surface area (Å²) < 4.78 is 0. The van der Waals surface area contributed by atoms with Gasteiger partial charge in [0.05, 0.1) is 6.04 Å². The molecule has 2 amide bonds. The van der Waals surface area contributed by atoms with E-state index in [-0.39, 0.29) is 17.9 Å². The van der Waals surface area contributed by atoms with E-state index in [0.29, 0.717) is 6.42 Å². The van der Waals surface area contributed by atoms with E-state index in [9.17, 15) is 9.59 Å². The van der Waals surface area contributed by atoms with Gasteiger partial charge in [0, 0.05) is 45.7 Å². The first-order chi connectivity index (χ1) is 15.2. The molecule has 0 spiro atoms. The topological polar surface area (TPSA) is 43.9 Å². The maximum Gasteiger partial charge on any atom is 0.240 e. The molecule has 1 unspecified atom stereocenters. The first-order valence-corrected chi connectivity index (χ1v) is 11.6. The molecule has 0 radical (unpaired) electrons. The van der Waals surface area contributed by atoms with Crippen LogP contribution in [0.5, 0.6) is 0 Å². The Hall–Kier alpha value is -2.66. The van der Waals surface area contributed by atoms with Crippen molar-refractivity contribution in [3.63, 3.8) is 0 Å². The van der Waals surface area contributed by atoms with Gasteiger partial charge >= 0.3 is 0 Å². The van der Waals surface area contributed by atoms with Crippen LogP contribution in [0.25, 0.3) is 0 Å². The third-order valence-electron chi connectivity index (χ3n) is 6.59. The summed E-state index contributed by atoms with van der Waals surface area (Å²) in [6.07, 6.45) is 4.25. The van der Waals surface area contributed by atoms with Gasteiger partial charge in [0.1, 0.15) is 0 Å². The van der Waals surface area contributed by atoms with Crippen LogP contribution in [0, 0.1) is 0 Å². The standard InChI is InChI=1S/C26H33N3O2/c30-25(13-7-12-22-8-3-1-4-9-22)28-20-18-27(19-21-28)24-15-17-29(26(24)31)16-14-23-10-5-2-6-11-23/h1-6,8-11,24H,7,12-21H2. The molecule has 0 aliphatic carbocycles. The van der Waals surface area contributed by atoms with Gasteiger partial charge in [-0.3, -0.25) is 14.5 Å². The average molecular weight is 420 g/mol. The lowest BCUT2D eigenvalue weighted by molar-refractivity contribution is -0.135. The SMILES string of the molecule is O=C(CCCc1ccccc1)N1CCN(C2CCN(CCc3ccccc3)C2=O)CC1. The summed E-state index contributed by atoms with van der Waals surface area (Å²) in [5, 5.41) is 0. The lowest BCUT2D eigenvalue weighted by atomic mass is 10.1. The van der Waals surface area contributed by atoms with Crippen molar-refractivity contribution >= 4 is 11.8 Å². The van der Waals surface area contributed by atoms with Crippen molar-refractivity contribution in [2.45, 2.75) is 38.1 Å². The summed E-state index contributed by atoms with van der Waals surface area (Å²) in [7, 11) is 0. The zero-order valence-electron chi connectivity index (χ0n) is 18.3. The number of hydrogen-bond donors (Lipinski definition) is 0. The van der Waals surface area contributed by atoms with Crippen LogP contribution in [0.2, 0.25) is 0 Å². The van der Waals surface area contributed by atoms with E-state index in [2.05, 4.69) is 29.2 Å². The summed E-state index contributed by atoms with van der Waals surface area (Å²) in [4.78, 5) is 31.8. The van der Waals surface area contributed by atoms with Gasteiger partial charge in [-0.15, -0.1) is 0 Å². The van der Waals surface area contributed by atoms with Crippen molar-refractivity contribution in [1.82, 2.24) is 14.7 Å². The van der Waals surface area contributed by atoms with Gasteiger partial charge in [-0.2, -0.15) is 0 Å². The van der Waals surface area contributed by atoms with Gasteiger partial charge in [-0.05, 0) is 36.8 Å². The predicted octanol–water partition coefficient (Wildman–Crippen LogP) is 3.00. The summed E-state index contributed by atoms with van der Waals surface area (Å²) >= 11 is 0. The van der Waals surface area contributed by atoms with Gasteiger partial charge < -0.3 is 9.80 Å². The van der Waals surface area contributed by atoms with Crippen molar-refractivity contribution < 1.29 is 9.59 Å². The summed E-state index contributed by atoms with van der Waals surface area (Å²) in [6.45, 7) is 4.70. The van der Waals surface area contributed by atoms with Gasteiger partial charge in [0.15, 0.2) is 0 Å². The zero-order chi connectivity index (χ0) is 21.5. The van der Waals surface area contributed by atoms with Crippen LogP contribution in [0.4, 0.5) is 0 Å². The second-order valence-corrected chi connectivity index (χ2v) is 8.62. The Morgan fingerprint density at radius 2 is 1.42 bits per heavy atom. The molecule has 2 fully saturated rings. The monoisotopic (exact) mass is 419 g/mol. The fourth-order valence-electron chi connectivity index (χ4n) is 4.72. The van der Waals surface area contributed by atoms with Crippen LogP contribution in [0.1, 0.15) is 30.4 Å². The van der Waals surface area contributed by atoms with Crippen molar-refractivity contribution in [2.24, 2.45) is 0 Å². The molecule has 1 atom stereocenters. The summed E-state index contributed by atoms with van der Waals surface area (Å²) in [6, 6.07) is 20.7. The number of rotatable bonds is 8. The van der Waals surface area contributed by atoms with Crippen LogP contribution in [-0.2, 0) is 22.4 Å². The Balaban J connectivity index is 1.18. The molecule has 2 aromatic rings. The first kappa shape index (κ1) is 21.6. The molecule has 2 aliphatic rings. The summed E-state index contributed by atoms with van der Waals surface area (Å²) in [5.41, 5.74) is 2.56. The minimum Gasteiger partial charge on any atom is -0.341 e. The lowest BCUT2D eigenvalue weighted by Crippen LogP contribution is -2.53. The van der Waals surface area contributed by atoms with E-state index < -0.39 is 0 Å². The normalized spacial score (nSPS) is 19.7. The predicted molar refractivity (Wildman–Crippen MR) is 123 cm³/mol. The van der Waals surface area contributed by atoms with E-state index in [1.54, 1.807) is 0 Å². The second kappa shape index (κ2) is 10.6. The molecule has 2 heterocycles. The van der Waals surface area contributed by atoms with Crippen LogP contribution in [0.15, 0.2) is 60.7 Å². The Morgan fingerprint density at radius 1 is 0.806 bits per heavy atom. The molecule has 2 saturated heterocycles. The minimum atomic E-state index is -0.00824. The highest BCUT2D eigenvalue weighted by Gasteiger charge is 2.37. The molecule has 0 aromatic heterocycles. The van der Waals surface area contributed by atoms with Gasteiger partial charge in [0.25, 0.3) is 0 Å². The lowest BCUT2D eigenvalue weighted by Gasteiger charge is -2.37. The number of benzene rings is 2. The quantitative estimate of drug-likeness (QED) is 0.661. The summed E-state index contributed by atoms with van der Waals surface area (Å²) in [5.74, 6) is 0.511. The largest absolute Gasteiger partial charge is 0.341 e. The number of aryl methyl sites for hydroxylation is 1. The Labute approximate surface area is 185 Å². The van der Waals surface area contributed by atoms with Crippen molar-refractivity contribution in [1.29, 1.82) is 0 Å². The number of carbonyl (C=O) groups excluding carboxylic acids is 2. The average Bonchev–Trinajstić information content (AvgIpc) is 3.19.